The van der Waals surface area contributed by atoms with Crippen LogP contribution in [-0.4, -0.2) is 46.0 Å². The first-order valence-corrected chi connectivity index (χ1v) is 12.5. The monoisotopic (exact) mass is 440 g/mol. The largest absolute Gasteiger partial charge is 0.492 e. The van der Waals surface area contributed by atoms with Gasteiger partial charge in [0, 0.05) is 25.3 Å². The molecule has 0 aliphatic carbocycles. The predicted molar refractivity (Wildman–Crippen MR) is 117 cm³/mol. The van der Waals surface area contributed by atoms with Crippen molar-refractivity contribution in [2.75, 3.05) is 36.0 Å². The standard InChI is InChI=1S/C20H28N2O5S2/c1-3-26-19-10-5-4-9-18(19)22(29(2,24)25)13-6-11-20(23)21-12-15-28-16-17-8-7-14-27-17/h4-5,7-10,14H,3,6,11-13,15-16H2,1-2H3,(H,21,23). The molecule has 0 fully saturated rings. The molecule has 1 N–H and O–H groups in total. The van der Waals surface area contributed by atoms with E-state index in [4.69, 9.17) is 9.15 Å². The summed E-state index contributed by atoms with van der Waals surface area (Å²) in [5.41, 5.74) is 0.492. The number of anilines is 1. The predicted octanol–water partition coefficient (Wildman–Crippen LogP) is 3.27. The molecule has 29 heavy (non-hydrogen) atoms. The minimum Gasteiger partial charge on any atom is -0.492 e. The second-order valence-corrected chi connectivity index (χ2v) is 9.33. The van der Waals surface area contributed by atoms with Crippen molar-refractivity contribution in [1.29, 1.82) is 0 Å². The highest BCUT2D eigenvalue weighted by Crippen LogP contribution is 2.30. The zero-order chi connectivity index (χ0) is 21.1. The third-order valence-electron chi connectivity index (χ3n) is 3.99. The van der Waals surface area contributed by atoms with Crippen LogP contribution in [0.5, 0.6) is 5.75 Å². The number of amides is 1. The van der Waals surface area contributed by atoms with E-state index in [0.29, 0.717) is 31.0 Å². The number of para-hydroxylation sites is 2. The first-order chi connectivity index (χ1) is 13.9. The maximum atomic E-state index is 12.3. The van der Waals surface area contributed by atoms with Crippen LogP contribution in [0.15, 0.2) is 47.1 Å². The molecule has 160 valence electrons. The highest BCUT2D eigenvalue weighted by atomic mass is 32.2. The molecule has 1 heterocycles. The van der Waals surface area contributed by atoms with Crippen LogP contribution < -0.4 is 14.4 Å². The van der Waals surface area contributed by atoms with Gasteiger partial charge in [-0.05, 0) is 37.6 Å². The van der Waals surface area contributed by atoms with Crippen LogP contribution in [0.1, 0.15) is 25.5 Å². The van der Waals surface area contributed by atoms with Crippen molar-refractivity contribution >= 4 is 33.4 Å². The van der Waals surface area contributed by atoms with Crippen molar-refractivity contribution in [2.45, 2.75) is 25.5 Å². The van der Waals surface area contributed by atoms with Gasteiger partial charge in [0.05, 0.1) is 30.6 Å². The van der Waals surface area contributed by atoms with Crippen LogP contribution in [0, 0.1) is 0 Å². The van der Waals surface area contributed by atoms with E-state index in [0.717, 1.165) is 23.5 Å². The lowest BCUT2D eigenvalue weighted by Gasteiger charge is -2.24. The minimum absolute atomic E-state index is 0.0878. The molecule has 0 spiro atoms. The van der Waals surface area contributed by atoms with Crippen molar-refractivity contribution in [3.63, 3.8) is 0 Å². The summed E-state index contributed by atoms with van der Waals surface area (Å²) in [6.07, 6.45) is 3.47. The lowest BCUT2D eigenvalue weighted by Crippen LogP contribution is -2.32. The maximum Gasteiger partial charge on any atom is 0.232 e. The van der Waals surface area contributed by atoms with Gasteiger partial charge < -0.3 is 14.5 Å². The fraction of sp³-hybridized carbons (Fsp3) is 0.450. The molecule has 1 aromatic carbocycles. The number of hydrogen-bond acceptors (Lipinski definition) is 6. The molecular formula is C20H28N2O5S2. The van der Waals surface area contributed by atoms with Crippen LogP contribution in [0.2, 0.25) is 0 Å². The Morgan fingerprint density at radius 2 is 2.03 bits per heavy atom. The lowest BCUT2D eigenvalue weighted by molar-refractivity contribution is -0.121. The number of nitrogens with zero attached hydrogens (tertiary/aromatic N) is 1. The topological polar surface area (TPSA) is 88.8 Å². The fourth-order valence-electron chi connectivity index (χ4n) is 2.71. The van der Waals surface area contributed by atoms with E-state index in [1.54, 1.807) is 42.3 Å². The Morgan fingerprint density at radius 1 is 1.24 bits per heavy atom. The summed E-state index contributed by atoms with van der Waals surface area (Å²) in [7, 11) is -3.49. The Hall–Kier alpha value is -2.13. The average Bonchev–Trinajstić information content (AvgIpc) is 3.18. The Kier molecular flexibility index (Phi) is 9.40. The number of ether oxygens (including phenoxy) is 1. The van der Waals surface area contributed by atoms with Gasteiger partial charge >= 0.3 is 0 Å². The van der Waals surface area contributed by atoms with Crippen molar-refractivity contribution in [3.05, 3.63) is 48.4 Å². The van der Waals surface area contributed by atoms with E-state index in [9.17, 15) is 13.2 Å². The third-order valence-corrected chi connectivity index (χ3v) is 6.15. The smallest absolute Gasteiger partial charge is 0.232 e. The number of furan rings is 1. The van der Waals surface area contributed by atoms with Crippen LogP contribution in [-0.2, 0) is 20.6 Å². The SMILES string of the molecule is CCOc1ccccc1N(CCCC(=O)NCCSCc1ccco1)S(C)(=O)=O. The quantitative estimate of drug-likeness (QED) is 0.481. The molecule has 0 saturated carbocycles. The minimum atomic E-state index is -3.49. The molecule has 0 atom stereocenters. The molecule has 2 rings (SSSR count). The molecule has 0 aliphatic heterocycles. The average molecular weight is 441 g/mol. The maximum absolute atomic E-state index is 12.3. The summed E-state index contributed by atoms with van der Waals surface area (Å²) in [6, 6.07) is 10.8. The van der Waals surface area contributed by atoms with Crippen LogP contribution in [0.3, 0.4) is 0 Å². The van der Waals surface area contributed by atoms with Crippen molar-refractivity contribution in [1.82, 2.24) is 5.32 Å². The second kappa shape index (κ2) is 11.8. The van der Waals surface area contributed by atoms with Gasteiger partial charge in [-0.15, -0.1) is 0 Å². The Bertz CT molecular complexity index is 854. The molecule has 7 nitrogen and oxygen atoms in total. The Balaban J connectivity index is 1.77. The van der Waals surface area contributed by atoms with Gasteiger partial charge in [-0.1, -0.05) is 12.1 Å². The number of benzene rings is 1. The van der Waals surface area contributed by atoms with E-state index in [2.05, 4.69) is 5.32 Å². The summed E-state index contributed by atoms with van der Waals surface area (Å²) in [4.78, 5) is 12.0. The van der Waals surface area contributed by atoms with Gasteiger partial charge in [-0.2, -0.15) is 11.8 Å². The van der Waals surface area contributed by atoms with Crippen molar-refractivity contribution in [2.24, 2.45) is 0 Å². The number of carbonyl (C=O) groups excluding carboxylic acids is 1. The number of thioether (sulfide) groups is 1. The van der Waals surface area contributed by atoms with Crippen LogP contribution >= 0.6 is 11.8 Å². The highest BCUT2D eigenvalue weighted by molar-refractivity contribution is 7.98. The number of nitrogens with one attached hydrogen (secondary N) is 1. The van der Waals surface area contributed by atoms with E-state index < -0.39 is 10.0 Å². The van der Waals surface area contributed by atoms with Crippen molar-refractivity contribution in [3.8, 4) is 5.75 Å². The van der Waals surface area contributed by atoms with Gasteiger partial charge in [0.1, 0.15) is 11.5 Å². The highest BCUT2D eigenvalue weighted by Gasteiger charge is 2.21. The van der Waals surface area contributed by atoms with Gasteiger partial charge in [0.15, 0.2) is 0 Å². The first-order valence-electron chi connectivity index (χ1n) is 9.48. The van der Waals surface area contributed by atoms with E-state index >= 15 is 0 Å². The Labute approximate surface area is 176 Å². The van der Waals surface area contributed by atoms with Gasteiger partial charge in [-0.3, -0.25) is 9.10 Å². The van der Waals surface area contributed by atoms with E-state index in [1.165, 1.54) is 4.31 Å². The molecule has 0 bridgehead atoms. The number of carbonyl (C=O) groups is 1. The van der Waals surface area contributed by atoms with E-state index in [-0.39, 0.29) is 18.9 Å². The molecule has 1 aromatic heterocycles. The third kappa shape index (κ3) is 8.02. The molecule has 2 aromatic rings. The van der Waals surface area contributed by atoms with Gasteiger partial charge in [0.2, 0.25) is 15.9 Å². The molecule has 0 radical (unpaired) electrons. The Morgan fingerprint density at radius 3 is 2.72 bits per heavy atom. The fourth-order valence-corrected chi connectivity index (χ4v) is 4.43. The van der Waals surface area contributed by atoms with Crippen molar-refractivity contribution < 1.29 is 22.4 Å². The lowest BCUT2D eigenvalue weighted by atomic mass is 10.2. The zero-order valence-electron chi connectivity index (χ0n) is 16.8. The summed E-state index contributed by atoms with van der Waals surface area (Å²) in [6.45, 7) is 3.06. The summed E-state index contributed by atoms with van der Waals surface area (Å²) >= 11 is 1.68. The molecule has 9 heteroatoms. The molecular weight excluding hydrogens is 412 g/mol. The summed E-state index contributed by atoms with van der Waals surface area (Å²) < 4.78 is 36.6. The molecule has 0 saturated heterocycles. The normalized spacial score (nSPS) is 11.2. The molecule has 0 aliphatic rings. The number of sulfonamides is 1. The first kappa shape index (κ1) is 23.2. The van der Waals surface area contributed by atoms with Gasteiger partial charge in [0.25, 0.3) is 0 Å². The van der Waals surface area contributed by atoms with Crippen LogP contribution in [0.4, 0.5) is 5.69 Å². The molecule has 1 amide bonds. The molecule has 0 unspecified atom stereocenters. The van der Waals surface area contributed by atoms with Gasteiger partial charge in [-0.25, -0.2) is 8.42 Å². The summed E-state index contributed by atoms with van der Waals surface area (Å²) in [5.74, 6) is 2.89. The second-order valence-electron chi connectivity index (χ2n) is 6.32. The zero-order valence-corrected chi connectivity index (χ0v) is 18.4. The number of hydrogen-bond donors (Lipinski definition) is 1. The van der Waals surface area contributed by atoms with Crippen LogP contribution in [0.25, 0.3) is 0 Å². The summed E-state index contributed by atoms with van der Waals surface area (Å²) in [5, 5.41) is 2.86. The van der Waals surface area contributed by atoms with E-state index in [1.807, 2.05) is 19.1 Å². The number of rotatable bonds is 13.